The van der Waals surface area contributed by atoms with E-state index in [1.165, 1.54) is 29.0 Å². The summed E-state index contributed by atoms with van der Waals surface area (Å²) in [6.45, 7) is 1.89. The van der Waals surface area contributed by atoms with Crippen LogP contribution in [0.5, 0.6) is 0 Å². The van der Waals surface area contributed by atoms with Crippen LogP contribution in [0, 0.1) is 6.92 Å². The molecule has 0 spiro atoms. The van der Waals surface area contributed by atoms with Crippen molar-refractivity contribution in [3.8, 4) is 0 Å². The van der Waals surface area contributed by atoms with Crippen molar-refractivity contribution in [1.29, 1.82) is 0 Å². The number of methoxy groups -OCH3 is 1. The van der Waals surface area contributed by atoms with Gasteiger partial charge >= 0.3 is 5.97 Å². The van der Waals surface area contributed by atoms with E-state index < -0.39 is 5.97 Å². The monoisotopic (exact) mass is 354 g/mol. The van der Waals surface area contributed by atoms with Gasteiger partial charge in [-0.3, -0.25) is 14.2 Å². The van der Waals surface area contributed by atoms with E-state index in [-0.39, 0.29) is 12.1 Å². The van der Waals surface area contributed by atoms with E-state index in [0.717, 1.165) is 5.56 Å². The minimum absolute atomic E-state index is 0.149. The fourth-order valence-corrected chi connectivity index (χ4v) is 3.48. The minimum atomic E-state index is -0.475. The quantitative estimate of drug-likeness (QED) is 0.400. The first-order valence-electron chi connectivity index (χ1n) is 7.83. The second-order valence-electron chi connectivity index (χ2n) is 5.66. The molecular formula is C19H18N2O3S. The molecule has 3 aromatic rings. The molecule has 0 aliphatic heterocycles. The predicted molar refractivity (Wildman–Crippen MR) is 98.8 cm³/mol. The fraction of sp³-hybridized carbons (Fsp3) is 0.211. The average Bonchev–Trinajstić information content (AvgIpc) is 2.62. The SMILES string of the molecule is COC(=O)Cn1c(SCc2cccc(C)c2)nc2ccccc2c1=O. The number of carbonyl (C=O) groups is 1. The number of rotatable bonds is 5. The highest BCUT2D eigenvalue weighted by Crippen LogP contribution is 2.22. The van der Waals surface area contributed by atoms with E-state index in [0.29, 0.717) is 21.8 Å². The van der Waals surface area contributed by atoms with Gasteiger partial charge in [-0.1, -0.05) is 53.7 Å². The molecule has 0 amide bonds. The molecule has 0 aliphatic rings. The number of hydrogen-bond acceptors (Lipinski definition) is 5. The number of thioether (sulfide) groups is 1. The number of nitrogens with zero attached hydrogens (tertiary/aromatic N) is 2. The summed E-state index contributed by atoms with van der Waals surface area (Å²) in [7, 11) is 1.31. The summed E-state index contributed by atoms with van der Waals surface area (Å²) in [6.07, 6.45) is 0. The van der Waals surface area contributed by atoms with Crippen LogP contribution in [-0.4, -0.2) is 22.6 Å². The molecule has 0 atom stereocenters. The third kappa shape index (κ3) is 3.91. The maximum atomic E-state index is 12.8. The maximum absolute atomic E-state index is 12.8. The summed E-state index contributed by atoms with van der Waals surface area (Å²) < 4.78 is 6.10. The van der Waals surface area contributed by atoms with Crippen LogP contribution < -0.4 is 5.56 Å². The van der Waals surface area contributed by atoms with Gasteiger partial charge < -0.3 is 4.74 Å². The Morgan fingerprint density at radius 3 is 2.76 bits per heavy atom. The largest absolute Gasteiger partial charge is 0.468 e. The van der Waals surface area contributed by atoms with Crippen molar-refractivity contribution in [1.82, 2.24) is 9.55 Å². The van der Waals surface area contributed by atoms with Gasteiger partial charge in [0.15, 0.2) is 5.16 Å². The number of aromatic nitrogens is 2. The zero-order valence-electron chi connectivity index (χ0n) is 14.1. The van der Waals surface area contributed by atoms with E-state index >= 15 is 0 Å². The third-order valence-electron chi connectivity index (χ3n) is 3.79. The smallest absolute Gasteiger partial charge is 0.325 e. The van der Waals surface area contributed by atoms with E-state index in [1.54, 1.807) is 18.2 Å². The third-order valence-corrected chi connectivity index (χ3v) is 4.84. The van der Waals surface area contributed by atoms with Crippen molar-refractivity contribution < 1.29 is 9.53 Å². The highest BCUT2D eigenvalue weighted by molar-refractivity contribution is 7.98. The Kier molecular flexibility index (Phi) is 5.19. The van der Waals surface area contributed by atoms with Crippen LogP contribution in [0.3, 0.4) is 0 Å². The molecule has 2 aromatic carbocycles. The average molecular weight is 354 g/mol. The van der Waals surface area contributed by atoms with E-state index in [2.05, 4.69) is 11.1 Å². The molecular weight excluding hydrogens is 336 g/mol. The van der Waals surface area contributed by atoms with Crippen LogP contribution in [-0.2, 0) is 21.8 Å². The van der Waals surface area contributed by atoms with Crippen molar-refractivity contribution in [3.63, 3.8) is 0 Å². The molecule has 5 nitrogen and oxygen atoms in total. The van der Waals surface area contributed by atoms with Crippen molar-refractivity contribution in [2.45, 2.75) is 24.4 Å². The molecule has 0 bridgehead atoms. The number of para-hydroxylation sites is 1. The Labute approximate surface area is 149 Å². The molecule has 0 unspecified atom stereocenters. The summed E-state index contributed by atoms with van der Waals surface area (Å²) in [5.74, 6) is 0.185. The number of carbonyl (C=O) groups excluding carboxylic acids is 1. The molecule has 25 heavy (non-hydrogen) atoms. The molecule has 0 N–H and O–H groups in total. The van der Waals surface area contributed by atoms with Crippen LogP contribution in [0.1, 0.15) is 11.1 Å². The first-order valence-corrected chi connectivity index (χ1v) is 8.82. The van der Waals surface area contributed by atoms with Gasteiger partial charge in [-0.05, 0) is 24.6 Å². The highest BCUT2D eigenvalue weighted by atomic mass is 32.2. The minimum Gasteiger partial charge on any atom is -0.468 e. The predicted octanol–water partition coefficient (Wildman–Crippen LogP) is 3.17. The number of ether oxygens (including phenoxy) is 1. The normalized spacial score (nSPS) is 10.8. The van der Waals surface area contributed by atoms with Gasteiger partial charge in [0.25, 0.3) is 5.56 Å². The molecule has 6 heteroatoms. The number of fused-ring (bicyclic) bond motifs is 1. The molecule has 0 saturated heterocycles. The van der Waals surface area contributed by atoms with Crippen molar-refractivity contribution >= 4 is 28.6 Å². The van der Waals surface area contributed by atoms with Gasteiger partial charge in [-0.25, -0.2) is 4.98 Å². The van der Waals surface area contributed by atoms with E-state index in [1.807, 2.05) is 31.2 Å². The van der Waals surface area contributed by atoms with Crippen molar-refractivity contribution in [3.05, 3.63) is 70.0 Å². The molecule has 0 aliphatic carbocycles. The lowest BCUT2D eigenvalue weighted by atomic mass is 10.2. The first kappa shape index (κ1) is 17.2. The standard InChI is InChI=1S/C19H18N2O3S/c1-13-6-5-7-14(10-13)12-25-19-20-16-9-4-3-8-15(16)18(23)21(19)11-17(22)24-2/h3-10H,11-12H2,1-2H3. The fourth-order valence-electron chi connectivity index (χ4n) is 2.54. The van der Waals surface area contributed by atoms with Crippen LogP contribution in [0.2, 0.25) is 0 Å². The lowest BCUT2D eigenvalue weighted by Crippen LogP contribution is -2.27. The van der Waals surface area contributed by atoms with E-state index in [4.69, 9.17) is 4.74 Å². The Balaban J connectivity index is 2.00. The summed E-state index contributed by atoms with van der Waals surface area (Å²) >= 11 is 1.43. The zero-order valence-corrected chi connectivity index (χ0v) is 14.9. The number of aryl methyl sites for hydroxylation is 1. The summed E-state index contributed by atoms with van der Waals surface area (Å²) in [4.78, 5) is 29.1. The lowest BCUT2D eigenvalue weighted by molar-refractivity contribution is -0.141. The molecule has 0 radical (unpaired) electrons. The van der Waals surface area contributed by atoms with Crippen molar-refractivity contribution in [2.24, 2.45) is 0 Å². The van der Waals surface area contributed by atoms with Crippen LogP contribution in [0.4, 0.5) is 0 Å². The van der Waals surface area contributed by atoms with E-state index in [9.17, 15) is 9.59 Å². The number of hydrogen-bond donors (Lipinski definition) is 0. The summed E-state index contributed by atoms with van der Waals surface area (Å²) in [5.41, 5.74) is 2.71. The molecule has 0 saturated carbocycles. The van der Waals surface area contributed by atoms with Crippen LogP contribution >= 0.6 is 11.8 Å². The van der Waals surface area contributed by atoms with Crippen LogP contribution in [0.25, 0.3) is 10.9 Å². The Morgan fingerprint density at radius 2 is 2.00 bits per heavy atom. The van der Waals surface area contributed by atoms with Gasteiger partial charge in [0.2, 0.25) is 0 Å². The highest BCUT2D eigenvalue weighted by Gasteiger charge is 2.14. The first-order chi connectivity index (χ1) is 12.1. The second kappa shape index (κ2) is 7.53. The Hall–Kier alpha value is -2.60. The van der Waals surface area contributed by atoms with Gasteiger partial charge in [-0.15, -0.1) is 0 Å². The topological polar surface area (TPSA) is 61.2 Å². The van der Waals surface area contributed by atoms with Gasteiger partial charge in [-0.2, -0.15) is 0 Å². The van der Waals surface area contributed by atoms with Crippen LogP contribution in [0.15, 0.2) is 58.5 Å². The molecule has 1 aromatic heterocycles. The summed E-state index contributed by atoms with van der Waals surface area (Å²) in [5, 5.41) is 1.00. The number of benzene rings is 2. The van der Waals surface area contributed by atoms with Gasteiger partial charge in [0.1, 0.15) is 6.54 Å². The molecule has 1 heterocycles. The number of esters is 1. The lowest BCUT2D eigenvalue weighted by Gasteiger charge is -2.12. The maximum Gasteiger partial charge on any atom is 0.325 e. The van der Waals surface area contributed by atoms with Gasteiger partial charge in [0.05, 0.1) is 18.0 Å². The Bertz CT molecular complexity index is 982. The molecule has 0 fully saturated rings. The Morgan fingerprint density at radius 1 is 1.20 bits per heavy atom. The van der Waals surface area contributed by atoms with Gasteiger partial charge in [0, 0.05) is 5.75 Å². The van der Waals surface area contributed by atoms with Crippen molar-refractivity contribution in [2.75, 3.05) is 7.11 Å². The summed E-state index contributed by atoms with van der Waals surface area (Å²) in [6, 6.07) is 15.3. The molecule has 128 valence electrons. The second-order valence-corrected chi connectivity index (χ2v) is 6.60. The molecule has 3 rings (SSSR count). The zero-order chi connectivity index (χ0) is 17.8.